The molecule has 6 heteroatoms. The summed E-state index contributed by atoms with van der Waals surface area (Å²) in [4.78, 5) is 16.3. The van der Waals surface area contributed by atoms with Crippen molar-refractivity contribution in [2.75, 3.05) is 38.5 Å². The highest BCUT2D eigenvalue weighted by Crippen LogP contribution is 2.23. The molecule has 1 aromatic rings. The number of carbonyl (C=O) groups is 1. The number of rotatable bonds is 3. The molecule has 1 aliphatic carbocycles. The van der Waals surface area contributed by atoms with Gasteiger partial charge in [-0.3, -0.25) is 4.79 Å². The SMILES string of the molecule is CN1CCN(C(=O)c2ccc(NC3CC3)nn2)CC1. The minimum Gasteiger partial charge on any atom is -0.366 e. The summed E-state index contributed by atoms with van der Waals surface area (Å²) in [5.74, 6) is 0.746. The third-order valence-corrected chi connectivity index (χ3v) is 3.60. The van der Waals surface area contributed by atoms with E-state index in [1.807, 2.05) is 11.0 Å². The van der Waals surface area contributed by atoms with Gasteiger partial charge in [0.1, 0.15) is 5.82 Å². The number of anilines is 1. The highest BCUT2D eigenvalue weighted by atomic mass is 16.2. The number of aromatic nitrogens is 2. The van der Waals surface area contributed by atoms with Gasteiger partial charge in [0.05, 0.1) is 0 Å². The zero-order chi connectivity index (χ0) is 13.2. The van der Waals surface area contributed by atoms with Gasteiger partial charge in [-0.1, -0.05) is 0 Å². The predicted octanol–water partition coefficient (Wildman–Crippen LogP) is 0.438. The van der Waals surface area contributed by atoms with E-state index in [-0.39, 0.29) is 5.91 Å². The van der Waals surface area contributed by atoms with Crippen LogP contribution in [0.2, 0.25) is 0 Å². The molecule has 2 heterocycles. The van der Waals surface area contributed by atoms with Gasteiger partial charge in [-0.2, -0.15) is 0 Å². The quantitative estimate of drug-likeness (QED) is 0.855. The molecular weight excluding hydrogens is 242 g/mol. The van der Waals surface area contributed by atoms with Gasteiger partial charge in [-0.05, 0) is 32.0 Å². The first-order valence-corrected chi connectivity index (χ1v) is 6.80. The van der Waals surface area contributed by atoms with Gasteiger partial charge in [0, 0.05) is 32.2 Å². The molecule has 6 nitrogen and oxygen atoms in total. The topological polar surface area (TPSA) is 61.4 Å². The summed E-state index contributed by atoms with van der Waals surface area (Å²) in [5.41, 5.74) is 0.436. The molecule has 0 radical (unpaired) electrons. The highest BCUT2D eigenvalue weighted by molar-refractivity contribution is 5.92. The molecule has 0 spiro atoms. The van der Waals surface area contributed by atoms with Crippen molar-refractivity contribution in [1.29, 1.82) is 0 Å². The Morgan fingerprint density at radius 1 is 1.21 bits per heavy atom. The molecule has 1 aromatic heterocycles. The second-order valence-corrected chi connectivity index (χ2v) is 5.32. The lowest BCUT2D eigenvalue weighted by atomic mass is 10.3. The maximum absolute atomic E-state index is 12.2. The average molecular weight is 261 g/mol. The average Bonchev–Trinajstić information content (AvgIpc) is 3.24. The van der Waals surface area contributed by atoms with E-state index < -0.39 is 0 Å². The van der Waals surface area contributed by atoms with Crippen LogP contribution in [-0.4, -0.2) is 65.2 Å². The van der Waals surface area contributed by atoms with Crippen LogP contribution in [0.25, 0.3) is 0 Å². The smallest absolute Gasteiger partial charge is 0.274 e. The summed E-state index contributed by atoms with van der Waals surface area (Å²) in [6.45, 7) is 3.36. The Morgan fingerprint density at radius 3 is 2.53 bits per heavy atom. The van der Waals surface area contributed by atoms with Gasteiger partial charge >= 0.3 is 0 Å². The molecule has 2 aliphatic rings. The maximum Gasteiger partial charge on any atom is 0.274 e. The van der Waals surface area contributed by atoms with Gasteiger partial charge in [-0.15, -0.1) is 10.2 Å². The van der Waals surface area contributed by atoms with Crippen molar-refractivity contribution in [3.05, 3.63) is 17.8 Å². The number of nitrogens with one attached hydrogen (secondary N) is 1. The molecule has 0 unspecified atom stereocenters. The van der Waals surface area contributed by atoms with Gasteiger partial charge in [-0.25, -0.2) is 0 Å². The molecule has 0 atom stereocenters. The van der Waals surface area contributed by atoms with Crippen LogP contribution in [0.1, 0.15) is 23.3 Å². The van der Waals surface area contributed by atoms with Crippen molar-refractivity contribution >= 4 is 11.7 Å². The number of hydrogen-bond donors (Lipinski definition) is 1. The van der Waals surface area contributed by atoms with Crippen LogP contribution >= 0.6 is 0 Å². The van der Waals surface area contributed by atoms with Crippen LogP contribution in [0.5, 0.6) is 0 Å². The summed E-state index contributed by atoms with van der Waals surface area (Å²) < 4.78 is 0. The number of carbonyl (C=O) groups excluding carboxylic acids is 1. The van der Waals surface area contributed by atoms with Gasteiger partial charge in [0.15, 0.2) is 5.69 Å². The molecule has 19 heavy (non-hydrogen) atoms. The van der Waals surface area contributed by atoms with E-state index in [0.29, 0.717) is 11.7 Å². The van der Waals surface area contributed by atoms with Gasteiger partial charge in [0.2, 0.25) is 0 Å². The molecule has 0 aromatic carbocycles. The number of hydrogen-bond acceptors (Lipinski definition) is 5. The van der Waals surface area contributed by atoms with Crippen LogP contribution < -0.4 is 5.32 Å². The van der Waals surface area contributed by atoms with E-state index in [2.05, 4.69) is 27.5 Å². The first-order chi connectivity index (χ1) is 9.22. The van der Waals surface area contributed by atoms with Gasteiger partial charge in [0.25, 0.3) is 5.91 Å². The van der Waals surface area contributed by atoms with Crippen LogP contribution in [-0.2, 0) is 0 Å². The van der Waals surface area contributed by atoms with Gasteiger partial charge < -0.3 is 15.1 Å². The molecule has 102 valence electrons. The molecule has 1 N–H and O–H groups in total. The lowest BCUT2D eigenvalue weighted by Crippen LogP contribution is -2.47. The summed E-state index contributed by atoms with van der Waals surface area (Å²) in [6, 6.07) is 4.15. The molecule has 0 bridgehead atoms. The van der Waals surface area contributed by atoms with Crippen LogP contribution in [0.15, 0.2) is 12.1 Å². The fourth-order valence-electron chi connectivity index (χ4n) is 2.13. The molecule has 3 rings (SSSR count). The number of likely N-dealkylation sites (N-methyl/N-ethyl adjacent to an activating group) is 1. The molecule has 1 saturated carbocycles. The monoisotopic (exact) mass is 261 g/mol. The standard InChI is InChI=1S/C13H19N5O/c1-17-6-8-18(9-7-17)13(19)11-4-5-12(16-15-11)14-10-2-3-10/h4-5,10H,2-3,6-9H2,1H3,(H,14,16). The van der Waals surface area contributed by atoms with E-state index >= 15 is 0 Å². The number of amides is 1. The third-order valence-electron chi connectivity index (χ3n) is 3.60. The largest absolute Gasteiger partial charge is 0.366 e. The Balaban J connectivity index is 1.62. The third kappa shape index (κ3) is 3.01. The van der Waals surface area contributed by atoms with Crippen LogP contribution in [0.4, 0.5) is 5.82 Å². The Bertz CT molecular complexity index is 449. The Labute approximate surface area is 112 Å². The molecular formula is C13H19N5O. The summed E-state index contributed by atoms with van der Waals surface area (Å²) in [7, 11) is 2.07. The Hall–Kier alpha value is -1.69. The lowest BCUT2D eigenvalue weighted by molar-refractivity contribution is 0.0657. The van der Waals surface area contributed by atoms with Crippen LogP contribution in [0.3, 0.4) is 0 Å². The summed E-state index contributed by atoms with van der Waals surface area (Å²) in [5, 5.41) is 11.4. The van der Waals surface area contributed by atoms with Crippen molar-refractivity contribution in [1.82, 2.24) is 20.0 Å². The minimum absolute atomic E-state index is 0.0152. The zero-order valence-electron chi connectivity index (χ0n) is 11.2. The van der Waals surface area contributed by atoms with E-state index in [1.165, 1.54) is 12.8 Å². The van der Waals surface area contributed by atoms with E-state index in [4.69, 9.17) is 0 Å². The van der Waals surface area contributed by atoms with E-state index in [0.717, 1.165) is 32.0 Å². The second kappa shape index (κ2) is 5.13. The Kier molecular flexibility index (Phi) is 3.33. The maximum atomic E-state index is 12.2. The molecule has 1 saturated heterocycles. The lowest BCUT2D eigenvalue weighted by Gasteiger charge is -2.32. The van der Waals surface area contributed by atoms with Crippen molar-refractivity contribution in [3.8, 4) is 0 Å². The first kappa shape index (κ1) is 12.3. The summed E-state index contributed by atoms with van der Waals surface area (Å²) >= 11 is 0. The van der Waals surface area contributed by atoms with Crippen LogP contribution in [0, 0.1) is 0 Å². The fraction of sp³-hybridized carbons (Fsp3) is 0.615. The van der Waals surface area contributed by atoms with Crippen molar-refractivity contribution in [2.24, 2.45) is 0 Å². The molecule has 2 fully saturated rings. The Morgan fingerprint density at radius 2 is 1.95 bits per heavy atom. The molecule has 1 amide bonds. The van der Waals surface area contributed by atoms with E-state index in [9.17, 15) is 4.79 Å². The summed E-state index contributed by atoms with van der Waals surface area (Å²) in [6.07, 6.45) is 2.40. The first-order valence-electron chi connectivity index (χ1n) is 6.80. The number of nitrogens with zero attached hydrogens (tertiary/aromatic N) is 4. The molecule has 1 aliphatic heterocycles. The van der Waals surface area contributed by atoms with Crippen molar-refractivity contribution in [2.45, 2.75) is 18.9 Å². The van der Waals surface area contributed by atoms with Crippen molar-refractivity contribution < 1.29 is 4.79 Å². The van der Waals surface area contributed by atoms with Crippen molar-refractivity contribution in [3.63, 3.8) is 0 Å². The zero-order valence-corrected chi connectivity index (χ0v) is 11.2. The highest BCUT2D eigenvalue weighted by Gasteiger charge is 2.23. The fourth-order valence-corrected chi connectivity index (χ4v) is 2.13. The number of piperazine rings is 1. The predicted molar refractivity (Wildman–Crippen MR) is 72.1 cm³/mol. The minimum atomic E-state index is -0.0152. The second-order valence-electron chi connectivity index (χ2n) is 5.32. The van der Waals surface area contributed by atoms with E-state index in [1.54, 1.807) is 6.07 Å². The normalized spacial score (nSPS) is 20.4.